The molecular formula is C16H23N. The lowest BCUT2D eigenvalue weighted by Crippen LogP contribution is -2.16. The van der Waals surface area contributed by atoms with Gasteiger partial charge in [-0.1, -0.05) is 56.3 Å². The van der Waals surface area contributed by atoms with Crippen LogP contribution in [0.3, 0.4) is 0 Å². The van der Waals surface area contributed by atoms with Gasteiger partial charge in [-0.15, -0.1) is 0 Å². The zero-order chi connectivity index (χ0) is 12.5. The second kappa shape index (κ2) is 7.72. The van der Waals surface area contributed by atoms with Crippen molar-refractivity contribution in [3.63, 3.8) is 0 Å². The van der Waals surface area contributed by atoms with Gasteiger partial charge in [0.15, 0.2) is 0 Å². The van der Waals surface area contributed by atoms with E-state index in [2.05, 4.69) is 74.4 Å². The summed E-state index contributed by atoms with van der Waals surface area (Å²) in [6, 6.07) is 10.6. The quantitative estimate of drug-likeness (QED) is 0.654. The molecule has 0 bridgehead atoms. The topological polar surface area (TPSA) is 3.24 Å². The molecule has 1 rings (SSSR count). The fourth-order valence-electron chi connectivity index (χ4n) is 1.75. The lowest BCUT2D eigenvalue weighted by Gasteiger charge is -2.20. The van der Waals surface area contributed by atoms with E-state index < -0.39 is 0 Å². The zero-order valence-corrected chi connectivity index (χ0v) is 11.2. The van der Waals surface area contributed by atoms with E-state index in [9.17, 15) is 0 Å². The number of likely N-dealkylation sites (N-methyl/N-ethyl adjacent to an activating group) is 1. The van der Waals surface area contributed by atoms with Crippen molar-refractivity contribution in [3.8, 4) is 0 Å². The molecule has 0 spiro atoms. The summed E-state index contributed by atoms with van der Waals surface area (Å²) in [5.74, 6) is 0. The second-order valence-corrected chi connectivity index (χ2v) is 4.19. The third-order valence-electron chi connectivity index (χ3n) is 2.64. The van der Waals surface area contributed by atoms with Crippen LogP contribution in [-0.2, 0) is 6.54 Å². The molecule has 92 valence electrons. The highest BCUT2D eigenvalue weighted by atomic mass is 15.1. The first-order valence-corrected chi connectivity index (χ1v) is 6.39. The Morgan fingerprint density at radius 2 is 1.82 bits per heavy atom. The Morgan fingerprint density at radius 3 is 2.41 bits per heavy atom. The van der Waals surface area contributed by atoms with Crippen LogP contribution in [0, 0.1) is 0 Å². The Morgan fingerprint density at radius 1 is 1.12 bits per heavy atom. The van der Waals surface area contributed by atoms with Gasteiger partial charge in [0.2, 0.25) is 0 Å². The summed E-state index contributed by atoms with van der Waals surface area (Å²) < 4.78 is 0. The Bertz CT molecular complexity index is 362. The maximum atomic E-state index is 2.30. The first kappa shape index (κ1) is 13.6. The molecular weight excluding hydrogens is 206 g/mol. The summed E-state index contributed by atoms with van der Waals surface area (Å²) in [4.78, 5) is 2.30. The highest BCUT2D eigenvalue weighted by molar-refractivity contribution is 5.20. The van der Waals surface area contributed by atoms with E-state index in [0.717, 1.165) is 19.4 Å². The van der Waals surface area contributed by atoms with Gasteiger partial charge in [0.1, 0.15) is 0 Å². The number of benzene rings is 1. The summed E-state index contributed by atoms with van der Waals surface area (Å²) in [5, 5.41) is 0. The van der Waals surface area contributed by atoms with E-state index in [1.807, 2.05) is 0 Å². The summed E-state index contributed by atoms with van der Waals surface area (Å²) >= 11 is 0. The third kappa shape index (κ3) is 4.90. The number of nitrogens with zero attached hydrogens (tertiary/aromatic N) is 1. The first-order valence-electron chi connectivity index (χ1n) is 6.39. The molecule has 1 aromatic carbocycles. The molecule has 1 heteroatoms. The summed E-state index contributed by atoms with van der Waals surface area (Å²) in [5.41, 5.74) is 2.65. The van der Waals surface area contributed by atoms with E-state index in [4.69, 9.17) is 0 Å². The molecule has 17 heavy (non-hydrogen) atoms. The van der Waals surface area contributed by atoms with Gasteiger partial charge >= 0.3 is 0 Å². The SMILES string of the molecule is CC/C=C\C(=C/CC)N(C)Cc1ccccc1. The number of hydrogen-bond donors (Lipinski definition) is 0. The molecule has 0 unspecified atom stereocenters. The molecule has 1 nitrogen and oxygen atoms in total. The van der Waals surface area contributed by atoms with E-state index in [-0.39, 0.29) is 0 Å². The van der Waals surface area contributed by atoms with Crippen LogP contribution in [0.4, 0.5) is 0 Å². The Hall–Kier alpha value is -1.50. The maximum absolute atomic E-state index is 2.30. The van der Waals surface area contributed by atoms with Gasteiger partial charge in [0.25, 0.3) is 0 Å². The molecule has 0 aromatic heterocycles. The van der Waals surface area contributed by atoms with Gasteiger partial charge in [-0.2, -0.15) is 0 Å². The molecule has 0 N–H and O–H groups in total. The Balaban J connectivity index is 2.69. The highest BCUT2D eigenvalue weighted by Crippen LogP contribution is 2.11. The van der Waals surface area contributed by atoms with Crippen LogP contribution in [0.1, 0.15) is 32.3 Å². The average Bonchev–Trinajstić information content (AvgIpc) is 2.35. The van der Waals surface area contributed by atoms with Gasteiger partial charge in [0, 0.05) is 19.3 Å². The predicted octanol–water partition coefficient (Wildman–Crippen LogP) is 4.38. The molecule has 0 fully saturated rings. The number of hydrogen-bond acceptors (Lipinski definition) is 1. The zero-order valence-electron chi connectivity index (χ0n) is 11.2. The van der Waals surface area contributed by atoms with Gasteiger partial charge in [-0.3, -0.25) is 0 Å². The minimum absolute atomic E-state index is 0.959. The Labute approximate surface area is 105 Å². The minimum Gasteiger partial charge on any atom is -0.371 e. The lowest BCUT2D eigenvalue weighted by atomic mass is 10.2. The summed E-state index contributed by atoms with van der Waals surface area (Å²) in [6.07, 6.45) is 8.85. The fourth-order valence-corrected chi connectivity index (χ4v) is 1.75. The normalized spacial score (nSPS) is 12.1. The molecule has 0 heterocycles. The van der Waals surface area contributed by atoms with E-state index in [1.165, 1.54) is 11.3 Å². The van der Waals surface area contributed by atoms with Crippen molar-refractivity contribution in [3.05, 3.63) is 59.8 Å². The smallest absolute Gasteiger partial charge is 0.0426 e. The van der Waals surface area contributed by atoms with Crippen molar-refractivity contribution < 1.29 is 0 Å². The molecule has 0 saturated heterocycles. The van der Waals surface area contributed by atoms with E-state index >= 15 is 0 Å². The Kier molecular flexibility index (Phi) is 6.16. The first-order chi connectivity index (χ1) is 8.27. The molecule has 0 radical (unpaired) electrons. The van der Waals surface area contributed by atoms with Crippen molar-refractivity contribution in [1.29, 1.82) is 0 Å². The summed E-state index contributed by atoms with van der Waals surface area (Å²) in [6.45, 7) is 5.30. The molecule has 0 amide bonds. The molecule has 0 aliphatic rings. The van der Waals surface area contributed by atoms with Crippen molar-refractivity contribution in [2.24, 2.45) is 0 Å². The van der Waals surface area contributed by atoms with Crippen molar-refractivity contribution >= 4 is 0 Å². The third-order valence-corrected chi connectivity index (χ3v) is 2.64. The molecule has 1 aromatic rings. The molecule has 0 saturated carbocycles. The van der Waals surface area contributed by atoms with Crippen LogP contribution in [0.15, 0.2) is 54.3 Å². The monoisotopic (exact) mass is 229 g/mol. The highest BCUT2D eigenvalue weighted by Gasteiger charge is 2.01. The van der Waals surface area contributed by atoms with E-state index in [0.29, 0.717) is 0 Å². The standard InChI is InChI=1S/C16H23N/c1-4-6-13-16(10-5-2)17(3)14-15-11-8-7-9-12-15/h6-13H,4-5,14H2,1-3H3/b13-6-,16-10+. The van der Waals surface area contributed by atoms with Crippen LogP contribution in [-0.4, -0.2) is 11.9 Å². The average molecular weight is 229 g/mol. The van der Waals surface area contributed by atoms with Crippen LogP contribution in [0.2, 0.25) is 0 Å². The van der Waals surface area contributed by atoms with E-state index in [1.54, 1.807) is 0 Å². The molecule has 0 aliphatic heterocycles. The van der Waals surface area contributed by atoms with Crippen LogP contribution in [0.25, 0.3) is 0 Å². The van der Waals surface area contributed by atoms with Gasteiger partial charge in [0.05, 0.1) is 0 Å². The summed E-state index contributed by atoms with van der Waals surface area (Å²) in [7, 11) is 2.15. The van der Waals surface area contributed by atoms with Crippen molar-refractivity contribution in [2.45, 2.75) is 33.2 Å². The number of rotatable bonds is 6. The van der Waals surface area contributed by atoms with Gasteiger partial charge in [-0.05, 0) is 24.5 Å². The largest absolute Gasteiger partial charge is 0.371 e. The number of allylic oxidation sites excluding steroid dienone is 3. The fraction of sp³-hybridized carbons (Fsp3) is 0.375. The van der Waals surface area contributed by atoms with Gasteiger partial charge in [-0.25, -0.2) is 0 Å². The van der Waals surface area contributed by atoms with Gasteiger partial charge < -0.3 is 4.90 Å². The maximum Gasteiger partial charge on any atom is 0.0426 e. The van der Waals surface area contributed by atoms with Crippen LogP contribution >= 0.6 is 0 Å². The minimum atomic E-state index is 0.959. The van der Waals surface area contributed by atoms with Crippen molar-refractivity contribution in [1.82, 2.24) is 4.90 Å². The molecule has 0 aliphatic carbocycles. The molecule has 0 atom stereocenters. The second-order valence-electron chi connectivity index (χ2n) is 4.19. The lowest BCUT2D eigenvalue weighted by molar-refractivity contribution is 0.422. The van der Waals surface area contributed by atoms with Crippen molar-refractivity contribution in [2.75, 3.05) is 7.05 Å². The van der Waals surface area contributed by atoms with Crippen LogP contribution < -0.4 is 0 Å². The predicted molar refractivity (Wildman–Crippen MR) is 75.7 cm³/mol. The van der Waals surface area contributed by atoms with Crippen LogP contribution in [0.5, 0.6) is 0 Å².